The van der Waals surface area contributed by atoms with Crippen molar-refractivity contribution in [2.45, 2.75) is 25.8 Å². The van der Waals surface area contributed by atoms with E-state index in [1.807, 2.05) is 0 Å². The highest BCUT2D eigenvalue weighted by Crippen LogP contribution is 2.13. The van der Waals surface area contributed by atoms with Gasteiger partial charge in [-0.3, -0.25) is 0 Å². The Labute approximate surface area is 97.5 Å². The van der Waals surface area contributed by atoms with Gasteiger partial charge in [0.25, 0.3) is 0 Å². The topological polar surface area (TPSA) is 28.2 Å². The number of nitrogens with one attached hydrogen (secondary N) is 1. The molecule has 0 aromatic heterocycles. The fraction of sp³-hybridized carbons (Fsp3) is 0.500. The van der Waals surface area contributed by atoms with Crippen molar-refractivity contribution >= 4 is 0 Å². The number of hydrogen-bond acceptors (Lipinski definition) is 1. The Kier molecular flexibility index (Phi) is 3.96. The fourth-order valence-electron chi connectivity index (χ4n) is 2.48. The van der Waals surface area contributed by atoms with Gasteiger partial charge in [-0.15, -0.1) is 0 Å². The van der Waals surface area contributed by atoms with E-state index < -0.39 is 0 Å². The average Bonchev–Trinajstić information content (AvgIpc) is 2.33. The third kappa shape index (κ3) is 3.08. The fourth-order valence-corrected chi connectivity index (χ4v) is 2.48. The van der Waals surface area contributed by atoms with Gasteiger partial charge in [-0.05, 0) is 5.92 Å². The van der Waals surface area contributed by atoms with Crippen LogP contribution in [0, 0.1) is 17.2 Å². The Morgan fingerprint density at radius 2 is 1.88 bits per heavy atom. The van der Waals surface area contributed by atoms with Crippen LogP contribution in [0.1, 0.15) is 24.8 Å². The largest absolute Gasteiger partial charge is 0.331 e. The molecular weight excluding hydrogens is 196 g/mol. The lowest BCUT2D eigenvalue weighted by atomic mass is 9.94. The van der Waals surface area contributed by atoms with Crippen molar-refractivity contribution in [3.63, 3.8) is 0 Å². The van der Waals surface area contributed by atoms with Crippen LogP contribution in [0.2, 0.25) is 0 Å². The monoisotopic (exact) mass is 215 g/mol. The molecule has 0 radical (unpaired) electrons. The number of nitriles is 1. The number of piperidine rings is 1. The van der Waals surface area contributed by atoms with Gasteiger partial charge >= 0.3 is 0 Å². The predicted molar refractivity (Wildman–Crippen MR) is 63.8 cm³/mol. The van der Waals surface area contributed by atoms with Crippen LogP contribution in [-0.4, -0.2) is 13.1 Å². The Bertz CT molecular complexity index is 345. The second kappa shape index (κ2) is 5.67. The first-order chi connectivity index (χ1) is 7.88. The third-order valence-corrected chi connectivity index (χ3v) is 3.49. The lowest BCUT2D eigenvalue weighted by Crippen LogP contribution is -3.11. The number of quaternary nitrogens is 1. The van der Waals surface area contributed by atoms with E-state index in [1.54, 1.807) is 4.90 Å². The molecule has 0 bridgehead atoms. The molecule has 2 rings (SSSR count). The Hall–Kier alpha value is -1.33. The van der Waals surface area contributed by atoms with Gasteiger partial charge < -0.3 is 4.90 Å². The highest BCUT2D eigenvalue weighted by atomic mass is 15.1. The van der Waals surface area contributed by atoms with E-state index in [0.717, 1.165) is 13.0 Å². The van der Waals surface area contributed by atoms with Crippen molar-refractivity contribution in [3.05, 3.63) is 35.9 Å². The second-order valence-corrected chi connectivity index (χ2v) is 4.72. The molecule has 2 nitrogen and oxygen atoms in total. The molecule has 2 heteroatoms. The molecule has 0 aliphatic carbocycles. The summed E-state index contributed by atoms with van der Waals surface area (Å²) in [6.07, 6.45) is 3.18. The molecule has 0 spiro atoms. The lowest BCUT2D eigenvalue weighted by molar-refractivity contribution is -0.919. The molecule has 1 aromatic rings. The summed E-state index contributed by atoms with van der Waals surface area (Å²) < 4.78 is 0. The lowest BCUT2D eigenvalue weighted by Gasteiger charge is -2.28. The van der Waals surface area contributed by atoms with Gasteiger partial charge in [0.2, 0.25) is 0 Å². The summed E-state index contributed by atoms with van der Waals surface area (Å²) in [5, 5.41) is 8.66. The zero-order chi connectivity index (χ0) is 11.2. The van der Waals surface area contributed by atoms with Crippen LogP contribution >= 0.6 is 0 Å². The van der Waals surface area contributed by atoms with Crippen molar-refractivity contribution in [1.82, 2.24) is 0 Å². The van der Waals surface area contributed by atoms with Gasteiger partial charge in [0.05, 0.1) is 19.2 Å². The van der Waals surface area contributed by atoms with Crippen molar-refractivity contribution in [3.8, 4) is 6.07 Å². The van der Waals surface area contributed by atoms with Gasteiger partial charge in [0, 0.05) is 24.8 Å². The highest BCUT2D eigenvalue weighted by Gasteiger charge is 2.21. The molecule has 16 heavy (non-hydrogen) atoms. The van der Waals surface area contributed by atoms with E-state index in [4.69, 9.17) is 5.26 Å². The molecule has 1 aliphatic rings. The van der Waals surface area contributed by atoms with Crippen molar-refractivity contribution in [2.75, 3.05) is 13.1 Å². The Morgan fingerprint density at radius 1 is 1.19 bits per heavy atom. The Morgan fingerprint density at radius 3 is 2.50 bits per heavy atom. The second-order valence-electron chi connectivity index (χ2n) is 4.72. The number of likely N-dealkylation sites (tertiary alicyclic amines) is 1. The van der Waals surface area contributed by atoms with E-state index in [-0.39, 0.29) is 0 Å². The summed E-state index contributed by atoms with van der Waals surface area (Å²) in [5.41, 5.74) is 1.43. The minimum absolute atomic E-state index is 0.657. The molecule has 1 saturated heterocycles. The quantitative estimate of drug-likeness (QED) is 0.811. The number of rotatable bonds is 3. The summed E-state index contributed by atoms with van der Waals surface area (Å²) >= 11 is 0. The van der Waals surface area contributed by atoms with E-state index >= 15 is 0 Å². The smallest absolute Gasteiger partial charge is 0.103 e. The molecule has 0 atom stereocenters. The minimum atomic E-state index is 0.657. The van der Waals surface area contributed by atoms with Crippen LogP contribution in [0.15, 0.2) is 30.3 Å². The third-order valence-electron chi connectivity index (χ3n) is 3.49. The van der Waals surface area contributed by atoms with Gasteiger partial charge in [-0.2, -0.15) is 5.26 Å². The normalized spacial score (nSPS) is 24.9. The van der Waals surface area contributed by atoms with E-state index in [0.29, 0.717) is 5.92 Å². The summed E-state index contributed by atoms with van der Waals surface area (Å²) in [6, 6.07) is 13.0. The molecular formula is C14H19N2+. The van der Waals surface area contributed by atoms with Crippen LogP contribution in [0.3, 0.4) is 0 Å². The van der Waals surface area contributed by atoms with Crippen LogP contribution in [0.4, 0.5) is 0 Å². The highest BCUT2D eigenvalue weighted by molar-refractivity contribution is 5.13. The van der Waals surface area contributed by atoms with Crippen LogP contribution in [0.5, 0.6) is 0 Å². The number of nitrogens with zero attached hydrogens (tertiary/aromatic N) is 1. The number of benzene rings is 1. The number of hydrogen-bond donors (Lipinski definition) is 1. The summed E-state index contributed by atoms with van der Waals surface area (Å²) in [7, 11) is 0. The van der Waals surface area contributed by atoms with Gasteiger partial charge in [0.1, 0.15) is 6.54 Å². The van der Waals surface area contributed by atoms with E-state index in [2.05, 4.69) is 36.4 Å². The van der Waals surface area contributed by atoms with Crippen molar-refractivity contribution in [1.29, 1.82) is 5.26 Å². The SMILES string of the molecule is N#CCC1CC[NH+](Cc2ccccc2)CC1. The molecule has 1 aromatic carbocycles. The summed E-state index contributed by atoms with van der Waals surface area (Å²) in [5.74, 6) is 0.657. The molecule has 1 aliphatic heterocycles. The van der Waals surface area contributed by atoms with E-state index in [9.17, 15) is 0 Å². The van der Waals surface area contributed by atoms with Crippen molar-refractivity contribution < 1.29 is 4.90 Å². The first-order valence-electron chi connectivity index (χ1n) is 6.13. The van der Waals surface area contributed by atoms with Crippen molar-refractivity contribution in [2.24, 2.45) is 5.92 Å². The standard InChI is InChI=1S/C14H18N2/c15-9-6-13-7-10-16(11-8-13)12-14-4-2-1-3-5-14/h1-5,13H,6-8,10-12H2/p+1. The first-order valence-corrected chi connectivity index (χ1v) is 6.13. The summed E-state index contributed by atoms with van der Waals surface area (Å²) in [6.45, 7) is 3.59. The summed E-state index contributed by atoms with van der Waals surface area (Å²) in [4.78, 5) is 1.67. The maximum absolute atomic E-state index is 8.66. The first kappa shape index (κ1) is 11.2. The minimum Gasteiger partial charge on any atom is -0.331 e. The van der Waals surface area contributed by atoms with Gasteiger partial charge in [-0.25, -0.2) is 0 Å². The zero-order valence-corrected chi connectivity index (χ0v) is 9.65. The molecule has 1 N–H and O–H groups in total. The maximum atomic E-state index is 8.66. The van der Waals surface area contributed by atoms with Gasteiger partial charge in [0.15, 0.2) is 0 Å². The molecule has 84 valence electrons. The van der Waals surface area contributed by atoms with Crippen LogP contribution in [-0.2, 0) is 6.54 Å². The van der Waals surface area contributed by atoms with E-state index in [1.165, 1.54) is 31.5 Å². The maximum Gasteiger partial charge on any atom is 0.103 e. The van der Waals surface area contributed by atoms with Crippen LogP contribution < -0.4 is 4.90 Å². The Balaban J connectivity index is 1.80. The van der Waals surface area contributed by atoms with Gasteiger partial charge in [-0.1, -0.05) is 30.3 Å². The molecule has 1 heterocycles. The molecule has 1 fully saturated rings. The molecule has 0 saturated carbocycles. The van der Waals surface area contributed by atoms with Crippen LogP contribution in [0.25, 0.3) is 0 Å². The molecule has 0 unspecified atom stereocenters. The molecule has 0 amide bonds. The average molecular weight is 215 g/mol. The zero-order valence-electron chi connectivity index (χ0n) is 9.65. The predicted octanol–water partition coefficient (Wildman–Crippen LogP) is 1.40.